The molecule has 0 saturated carbocycles. The number of hydrogen-bond donors (Lipinski definition) is 0. The molecule has 0 N–H and O–H groups in total. The molecule has 0 bridgehead atoms. The lowest BCUT2D eigenvalue weighted by molar-refractivity contribution is -0.274. The molecule has 152 valence electrons. The summed E-state index contributed by atoms with van der Waals surface area (Å²) in [6.07, 6.45) is -4.82. The van der Waals surface area contributed by atoms with Crippen LogP contribution in [-0.4, -0.2) is 52.4 Å². The number of hydrogen-bond acceptors (Lipinski definition) is 5. The van der Waals surface area contributed by atoms with Gasteiger partial charge in [0.05, 0.1) is 12.0 Å². The van der Waals surface area contributed by atoms with E-state index < -0.39 is 22.1 Å². The molecule has 0 atom stereocenters. The summed E-state index contributed by atoms with van der Waals surface area (Å²) >= 11 is 0. The lowest BCUT2D eigenvalue weighted by Crippen LogP contribution is -2.48. The number of ether oxygens (including phenoxy) is 2. The number of nitrogens with zero attached hydrogens (tertiary/aromatic N) is 2. The number of methoxy groups -OCH3 is 1. The second-order valence-corrected chi connectivity index (χ2v) is 8.05. The standard InChI is InChI=1S/C18H19F3N2O4S/c1-26-15-4-2-14(3-5-15)22-10-12-23(13-11-22)28(24,25)17-8-6-16(7-9-17)27-18(19,20)21/h2-9H,10-13H2,1H3. The Hall–Kier alpha value is -2.46. The van der Waals surface area contributed by atoms with Crippen LogP contribution in [0.5, 0.6) is 11.5 Å². The molecular weight excluding hydrogens is 397 g/mol. The van der Waals surface area contributed by atoms with Crippen LogP contribution in [0, 0.1) is 0 Å². The van der Waals surface area contributed by atoms with Crippen molar-refractivity contribution < 1.29 is 31.1 Å². The summed E-state index contributed by atoms with van der Waals surface area (Å²) in [5.74, 6) is 0.277. The van der Waals surface area contributed by atoms with Gasteiger partial charge in [0.2, 0.25) is 10.0 Å². The van der Waals surface area contributed by atoms with Crippen LogP contribution in [0.1, 0.15) is 0 Å². The molecule has 2 aromatic rings. The number of halogens is 3. The zero-order chi connectivity index (χ0) is 20.4. The van der Waals surface area contributed by atoms with Crippen LogP contribution in [0.15, 0.2) is 53.4 Å². The van der Waals surface area contributed by atoms with E-state index in [9.17, 15) is 21.6 Å². The van der Waals surface area contributed by atoms with E-state index in [-0.39, 0.29) is 18.0 Å². The molecule has 1 aliphatic rings. The number of alkyl halides is 3. The molecular formula is C18H19F3N2O4S. The van der Waals surface area contributed by atoms with E-state index >= 15 is 0 Å². The Morgan fingerprint density at radius 2 is 1.39 bits per heavy atom. The van der Waals surface area contributed by atoms with Crippen LogP contribution in [0.4, 0.5) is 18.9 Å². The van der Waals surface area contributed by atoms with Crippen molar-refractivity contribution >= 4 is 15.7 Å². The lowest BCUT2D eigenvalue weighted by Gasteiger charge is -2.35. The molecule has 0 aromatic heterocycles. The molecule has 3 rings (SSSR count). The summed E-state index contributed by atoms with van der Waals surface area (Å²) in [7, 11) is -2.21. The van der Waals surface area contributed by atoms with Crippen molar-refractivity contribution in [2.45, 2.75) is 11.3 Å². The molecule has 0 unspecified atom stereocenters. The first-order chi connectivity index (χ1) is 13.2. The minimum atomic E-state index is -4.82. The lowest BCUT2D eigenvalue weighted by atomic mass is 10.2. The topological polar surface area (TPSA) is 59.1 Å². The Morgan fingerprint density at radius 3 is 1.89 bits per heavy atom. The smallest absolute Gasteiger partial charge is 0.497 e. The SMILES string of the molecule is COc1ccc(N2CCN(S(=O)(=O)c3ccc(OC(F)(F)F)cc3)CC2)cc1. The number of piperazine rings is 1. The fraction of sp³-hybridized carbons (Fsp3) is 0.333. The molecule has 1 aliphatic heterocycles. The number of anilines is 1. The first-order valence-corrected chi connectivity index (χ1v) is 9.88. The molecule has 2 aromatic carbocycles. The predicted molar refractivity (Wildman–Crippen MR) is 97.1 cm³/mol. The summed E-state index contributed by atoms with van der Waals surface area (Å²) in [5.41, 5.74) is 0.964. The van der Waals surface area contributed by atoms with E-state index in [2.05, 4.69) is 9.64 Å². The molecule has 28 heavy (non-hydrogen) atoms. The van der Waals surface area contributed by atoms with Crippen molar-refractivity contribution in [3.8, 4) is 11.5 Å². The Labute approximate surface area is 161 Å². The molecule has 1 fully saturated rings. The minimum Gasteiger partial charge on any atom is -0.497 e. The van der Waals surface area contributed by atoms with Crippen molar-refractivity contribution in [1.29, 1.82) is 0 Å². The first-order valence-electron chi connectivity index (χ1n) is 8.44. The molecule has 1 heterocycles. The van der Waals surface area contributed by atoms with Crippen molar-refractivity contribution in [1.82, 2.24) is 4.31 Å². The zero-order valence-corrected chi connectivity index (χ0v) is 15.8. The highest BCUT2D eigenvalue weighted by Crippen LogP contribution is 2.26. The Bertz CT molecular complexity index is 892. The third kappa shape index (κ3) is 4.68. The van der Waals surface area contributed by atoms with Gasteiger partial charge in [-0.3, -0.25) is 0 Å². The van der Waals surface area contributed by atoms with Gasteiger partial charge >= 0.3 is 6.36 Å². The third-order valence-corrected chi connectivity index (χ3v) is 6.28. The maximum absolute atomic E-state index is 12.7. The second kappa shape index (κ2) is 7.88. The maximum Gasteiger partial charge on any atom is 0.573 e. The van der Waals surface area contributed by atoms with Gasteiger partial charge in [-0.15, -0.1) is 13.2 Å². The van der Waals surface area contributed by atoms with Crippen LogP contribution in [-0.2, 0) is 10.0 Å². The largest absolute Gasteiger partial charge is 0.573 e. The highest BCUT2D eigenvalue weighted by atomic mass is 32.2. The number of benzene rings is 2. The molecule has 0 amide bonds. The van der Waals surface area contributed by atoms with Crippen LogP contribution in [0.3, 0.4) is 0 Å². The minimum absolute atomic E-state index is 0.0695. The van der Waals surface area contributed by atoms with Crippen molar-refractivity contribution in [2.24, 2.45) is 0 Å². The third-order valence-electron chi connectivity index (χ3n) is 4.37. The quantitative estimate of drug-likeness (QED) is 0.750. The van der Waals surface area contributed by atoms with Crippen molar-refractivity contribution in [3.05, 3.63) is 48.5 Å². The predicted octanol–water partition coefficient (Wildman–Crippen LogP) is 3.10. The average molecular weight is 416 g/mol. The second-order valence-electron chi connectivity index (χ2n) is 6.11. The van der Waals surface area contributed by atoms with Gasteiger partial charge in [0.15, 0.2) is 0 Å². The first kappa shape index (κ1) is 20.3. The highest BCUT2D eigenvalue weighted by molar-refractivity contribution is 7.89. The van der Waals surface area contributed by atoms with E-state index in [1.807, 2.05) is 24.3 Å². The average Bonchev–Trinajstić information content (AvgIpc) is 2.67. The van der Waals surface area contributed by atoms with Gasteiger partial charge in [0.25, 0.3) is 0 Å². The van der Waals surface area contributed by atoms with Crippen molar-refractivity contribution in [2.75, 3.05) is 38.2 Å². The monoisotopic (exact) mass is 416 g/mol. The van der Waals surface area contributed by atoms with E-state index in [0.717, 1.165) is 35.7 Å². The molecule has 1 saturated heterocycles. The number of rotatable bonds is 5. The summed E-state index contributed by atoms with van der Waals surface area (Å²) in [4.78, 5) is 1.99. The van der Waals surface area contributed by atoms with Crippen LogP contribution in [0.2, 0.25) is 0 Å². The van der Waals surface area contributed by atoms with Gasteiger partial charge < -0.3 is 14.4 Å². The summed E-state index contributed by atoms with van der Waals surface area (Å²) in [6, 6.07) is 11.7. The Balaban J connectivity index is 1.65. The molecule has 0 spiro atoms. The van der Waals surface area contributed by atoms with E-state index in [1.165, 1.54) is 4.31 Å². The van der Waals surface area contributed by atoms with Gasteiger partial charge in [-0.05, 0) is 48.5 Å². The van der Waals surface area contributed by atoms with E-state index in [4.69, 9.17) is 4.74 Å². The van der Waals surface area contributed by atoms with Gasteiger partial charge in [0.1, 0.15) is 11.5 Å². The van der Waals surface area contributed by atoms with E-state index in [1.54, 1.807) is 7.11 Å². The van der Waals surface area contributed by atoms with Crippen LogP contribution >= 0.6 is 0 Å². The maximum atomic E-state index is 12.7. The van der Waals surface area contributed by atoms with Gasteiger partial charge in [-0.2, -0.15) is 4.31 Å². The molecule has 10 heteroatoms. The normalized spacial score (nSPS) is 16.1. The van der Waals surface area contributed by atoms with Crippen LogP contribution in [0.25, 0.3) is 0 Å². The van der Waals surface area contributed by atoms with E-state index in [0.29, 0.717) is 13.1 Å². The fourth-order valence-corrected chi connectivity index (χ4v) is 4.36. The summed E-state index contributed by atoms with van der Waals surface area (Å²) in [6.45, 7) is 1.55. The van der Waals surface area contributed by atoms with Gasteiger partial charge in [-0.25, -0.2) is 8.42 Å². The molecule has 0 radical (unpaired) electrons. The number of sulfonamides is 1. The van der Waals surface area contributed by atoms with Crippen LogP contribution < -0.4 is 14.4 Å². The molecule has 6 nitrogen and oxygen atoms in total. The fourth-order valence-electron chi connectivity index (χ4n) is 2.94. The zero-order valence-electron chi connectivity index (χ0n) is 15.0. The highest BCUT2D eigenvalue weighted by Gasteiger charge is 2.32. The summed E-state index contributed by atoms with van der Waals surface area (Å²) < 4.78 is 72.4. The Morgan fingerprint density at radius 1 is 0.857 bits per heavy atom. The molecule has 0 aliphatic carbocycles. The van der Waals surface area contributed by atoms with Gasteiger partial charge in [-0.1, -0.05) is 0 Å². The van der Waals surface area contributed by atoms with Gasteiger partial charge in [0, 0.05) is 31.9 Å². The van der Waals surface area contributed by atoms with Crippen molar-refractivity contribution in [3.63, 3.8) is 0 Å². The Kier molecular flexibility index (Phi) is 5.71. The summed E-state index contributed by atoms with van der Waals surface area (Å²) in [5, 5.41) is 0.